The fraction of sp³-hybridized carbons (Fsp3) is 0.429. The van der Waals surface area contributed by atoms with Crippen LogP contribution in [0.4, 0.5) is 5.69 Å². The van der Waals surface area contributed by atoms with E-state index in [0.717, 1.165) is 42.5 Å². The number of anilines is 1. The Morgan fingerprint density at radius 1 is 1.24 bits per heavy atom. The van der Waals surface area contributed by atoms with Crippen LogP contribution in [0.3, 0.4) is 0 Å². The lowest BCUT2D eigenvalue weighted by Crippen LogP contribution is -2.38. The molecule has 0 radical (unpaired) electrons. The maximum Gasteiger partial charge on any atom is 0.235 e. The van der Waals surface area contributed by atoms with Crippen LogP contribution < -0.4 is 10.1 Å². The maximum absolute atomic E-state index is 13.2. The highest BCUT2D eigenvalue weighted by molar-refractivity contribution is 5.99. The molecule has 1 N–H and O–H groups in total. The van der Waals surface area contributed by atoms with Crippen molar-refractivity contribution >= 4 is 11.6 Å². The minimum atomic E-state index is -0.432. The Kier molecular flexibility index (Phi) is 5.07. The van der Waals surface area contributed by atoms with Gasteiger partial charge in [0, 0.05) is 5.56 Å². The van der Waals surface area contributed by atoms with Crippen LogP contribution in [0, 0.1) is 13.8 Å². The third-order valence-electron chi connectivity index (χ3n) is 5.03. The van der Waals surface area contributed by atoms with Gasteiger partial charge in [-0.15, -0.1) is 0 Å². The first kappa shape index (κ1) is 17.5. The molecule has 1 aliphatic carbocycles. The molecule has 0 atom stereocenters. The van der Waals surface area contributed by atoms with Crippen molar-refractivity contribution in [3.05, 3.63) is 53.2 Å². The van der Waals surface area contributed by atoms with Crippen molar-refractivity contribution in [2.45, 2.75) is 51.9 Å². The first-order chi connectivity index (χ1) is 12.0. The molecule has 1 aromatic carbocycles. The molecule has 1 saturated carbocycles. The molecule has 0 aliphatic heterocycles. The fourth-order valence-corrected chi connectivity index (χ4v) is 3.74. The van der Waals surface area contributed by atoms with E-state index >= 15 is 0 Å². The summed E-state index contributed by atoms with van der Waals surface area (Å²) in [5.74, 6) is 0.690. The highest BCUT2D eigenvalue weighted by Crippen LogP contribution is 2.42. The van der Waals surface area contributed by atoms with Crippen LogP contribution in [0.1, 0.15) is 49.3 Å². The minimum Gasteiger partial charge on any atom is -0.478 e. The summed E-state index contributed by atoms with van der Waals surface area (Å²) in [6, 6.07) is 10.3. The zero-order chi connectivity index (χ0) is 17.9. The number of pyridine rings is 1. The second-order valence-corrected chi connectivity index (χ2v) is 6.89. The highest BCUT2D eigenvalue weighted by Gasteiger charge is 2.42. The summed E-state index contributed by atoms with van der Waals surface area (Å²) in [6.07, 6.45) is 5.63. The number of ether oxygens (including phenoxy) is 1. The van der Waals surface area contributed by atoms with Gasteiger partial charge in [-0.1, -0.05) is 42.7 Å². The number of aromatic nitrogens is 1. The van der Waals surface area contributed by atoms with Gasteiger partial charge in [-0.05, 0) is 45.2 Å². The normalized spacial score (nSPS) is 15.8. The van der Waals surface area contributed by atoms with Crippen LogP contribution in [0.2, 0.25) is 0 Å². The molecule has 1 aromatic heterocycles. The van der Waals surface area contributed by atoms with Gasteiger partial charge in [0.15, 0.2) is 0 Å². The number of nitrogens with one attached hydrogen (secondary N) is 1. The quantitative estimate of drug-likeness (QED) is 0.870. The molecule has 0 spiro atoms. The van der Waals surface area contributed by atoms with E-state index in [0.29, 0.717) is 12.5 Å². The van der Waals surface area contributed by atoms with E-state index in [4.69, 9.17) is 4.74 Å². The van der Waals surface area contributed by atoms with E-state index < -0.39 is 5.41 Å². The first-order valence-corrected chi connectivity index (χ1v) is 9.03. The summed E-state index contributed by atoms with van der Waals surface area (Å²) in [7, 11) is 0. The lowest BCUT2D eigenvalue weighted by molar-refractivity contribution is -0.121. The third kappa shape index (κ3) is 3.53. The molecule has 0 saturated heterocycles. The summed E-state index contributed by atoms with van der Waals surface area (Å²) in [6.45, 7) is 6.53. The predicted octanol–water partition coefficient (Wildman–Crippen LogP) is 4.55. The molecule has 1 aliphatic rings. The number of aryl methyl sites for hydroxylation is 2. The van der Waals surface area contributed by atoms with Crippen molar-refractivity contribution in [3.63, 3.8) is 0 Å². The molecular formula is C21H26N2O2. The van der Waals surface area contributed by atoms with Crippen LogP contribution in [-0.4, -0.2) is 17.5 Å². The van der Waals surface area contributed by atoms with Gasteiger partial charge in [-0.2, -0.15) is 0 Å². The fourth-order valence-electron chi connectivity index (χ4n) is 3.74. The van der Waals surface area contributed by atoms with Crippen molar-refractivity contribution in [2.75, 3.05) is 11.9 Å². The van der Waals surface area contributed by atoms with E-state index in [1.807, 2.05) is 26.0 Å². The Bertz CT molecular complexity index is 764. The summed E-state index contributed by atoms with van der Waals surface area (Å²) in [5, 5.41) is 3.10. The van der Waals surface area contributed by atoms with Crippen molar-refractivity contribution in [3.8, 4) is 5.88 Å². The van der Waals surface area contributed by atoms with Crippen molar-refractivity contribution < 1.29 is 9.53 Å². The van der Waals surface area contributed by atoms with Gasteiger partial charge in [-0.3, -0.25) is 4.79 Å². The monoisotopic (exact) mass is 338 g/mol. The van der Waals surface area contributed by atoms with Crippen LogP contribution in [-0.2, 0) is 10.2 Å². The number of benzene rings is 1. The van der Waals surface area contributed by atoms with Crippen LogP contribution >= 0.6 is 0 Å². The number of hydrogen-bond acceptors (Lipinski definition) is 3. The molecule has 1 heterocycles. The lowest BCUT2D eigenvalue weighted by Gasteiger charge is -2.28. The zero-order valence-corrected chi connectivity index (χ0v) is 15.3. The summed E-state index contributed by atoms with van der Waals surface area (Å²) >= 11 is 0. The Labute approximate surface area is 149 Å². The molecule has 132 valence electrons. The highest BCUT2D eigenvalue weighted by atomic mass is 16.5. The number of hydrogen-bond donors (Lipinski definition) is 1. The van der Waals surface area contributed by atoms with Gasteiger partial charge in [0.2, 0.25) is 11.8 Å². The van der Waals surface area contributed by atoms with Crippen molar-refractivity contribution in [1.82, 2.24) is 4.98 Å². The van der Waals surface area contributed by atoms with Gasteiger partial charge < -0.3 is 10.1 Å². The third-order valence-corrected chi connectivity index (χ3v) is 5.03. The summed E-state index contributed by atoms with van der Waals surface area (Å²) < 4.78 is 5.47. The molecule has 25 heavy (non-hydrogen) atoms. The lowest BCUT2D eigenvalue weighted by atomic mass is 9.77. The maximum atomic E-state index is 13.2. The Morgan fingerprint density at radius 3 is 2.64 bits per heavy atom. The molecule has 0 bridgehead atoms. The molecular weight excluding hydrogens is 312 g/mol. The van der Waals surface area contributed by atoms with E-state index in [1.165, 1.54) is 5.56 Å². The standard InChI is InChI=1S/C21H26N2O2/c1-4-25-19-16(3)13-18(14-22-19)23-20(24)21(10-5-6-11-21)17-9-7-8-15(2)12-17/h7-9,12-14H,4-6,10-11H2,1-3H3,(H,23,24). The molecule has 1 amide bonds. The topological polar surface area (TPSA) is 51.2 Å². The Balaban J connectivity index is 1.86. The molecule has 3 rings (SSSR count). The van der Waals surface area contributed by atoms with Gasteiger partial charge in [0.05, 0.1) is 23.9 Å². The predicted molar refractivity (Wildman–Crippen MR) is 100 cm³/mol. The molecule has 4 heteroatoms. The Morgan fingerprint density at radius 2 is 2.00 bits per heavy atom. The van der Waals surface area contributed by atoms with Gasteiger partial charge in [0.25, 0.3) is 0 Å². The molecule has 4 nitrogen and oxygen atoms in total. The van der Waals surface area contributed by atoms with E-state index in [-0.39, 0.29) is 5.91 Å². The van der Waals surface area contributed by atoms with Crippen LogP contribution in [0.15, 0.2) is 36.5 Å². The average Bonchev–Trinajstić information content (AvgIpc) is 3.08. The number of rotatable bonds is 5. The second kappa shape index (κ2) is 7.26. The first-order valence-electron chi connectivity index (χ1n) is 9.03. The smallest absolute Gasteiger partial charge is 0.235 e. The average molecular weight is 338 g/mol. The van der Waals surface area contributed by atoms with Crippen molar-refractivity contribution in [2.24, 2.45) is 0 Å². The minimum absolute atomic E-state index is 0.0703. The number of amides is 1. The number of carbonyl (C=O) groups is 1. The molecule has 2 aromatic rings. The summed E-state index contributed by atoms with van der Waals surface area (Å²) in [4.78, 5) is 17.5. The van der Waals surface area contributed by atoms with E-state index in [9.17, 15) is 4.79 Å². The van der Waals surface area contributed by atoms with Gasteiger partial charge in [0.1, 0.15) is 0 Å². The van der Waals surface area contributed by atoms with Crippen molar-refractivity contribution in [1.29, 1.82) is 0 Å². The van der Waals surface area contributed by atoms with Gasteiger partial charge >= 0.3 is 0 Å². The largest absolute Gasteiger partial charge is 0.478 e. The van der Waals surface area contributed by atoms with E-state index in [2.05, 4.69) is 35.4 Å². The zero-order valence-electron chi connectivity index (χ0n) is 15.3. The number of carbonyl (C=O) groups excluding carboxylic acids is 1. The van der Waals surface area contributed by atoms with E-state index in [1.54, 1.807) is 6.20 Å². The van der Waals surface area contributed by atoms with Gasteiger partial charge in [-0.25, -0.2) is 4.98 Å². The summed E-state index contributed by atoms with van der Waals surface area (Å²) in [5.41, 5.74) is 3.53. The molecule has 0 unspecified atom stereocenters. The second-order valence-electron chi connectivity index (χ2n) is 6.89. The SMILES string of the molecule is CCOc1ncc(NC(=O)C2(c3cccc(C)c3)CCCC2)cc1C. The molecule has 1 fully saturated rings. The number of nitrogens with zero attached hydrogens (tertiary/aromatic N) is 1. The van der Waals surface area contributed by atoms with Crippen LogP contribution in [0.25, 0.3) is 0 Å². The Hall–Kier alpha value is -2.36. The van der Waals surface area contributed by atoms with Crippen LogP contribution in [0.5, 0.6) is 5.88 Å².